The largest absolute Gasteiger partial charge is 0.495 e. The van der Waals surface area contributed by atoms with Crippen molar-refractivity contribution < 1.29 is 19.6 Å². The summed E-state index contributed by atoms with van der Waals surface area (Å²) in [4.78, 5) is 23.5. The van der Waals surface area contributed by atoms with Gasteiger partial charge < -0.3 is 20.7 Å². The molecule has 2 rings (SSSR count). The zero-order valence-corrected chi connectivity index (χ0v) is 15.8. The van der Waals surface area contributed by atoms with E-state index in [1.54, 1.807) is 18.2 Å². The van der Waals surface area contributed by atoms with Gasteiger partial charge >= 0.3 is 0 Å². The number of methoxy groups -OCH3 is 1. The average Bonchev–Trinajstić information content (AvgIpc) is 2.60. The highest BCUT2D eigenvalue weighted by Gasteiger charge is 2.15. The number of benzene rings is 2. The van der Waals surface area contributed by atoms with Gasteiger partial charge in [0.05, 0.1) is 12.8 Å². The molecule has 138 valence electrons. The van der Waals surface area contributed by atoms with Crippen LogP contribution in [0, 0.1) is 0 Å². The smallest absolute Gasteiger partial charge is 0.279 e. The molecule has 6 nitrogen and oxygen atoms in total. The van der Waals surface area contributed by atoms with Crippen molar-refractivity contribution in [2.45, 2.75) is 19.9 Å². The average molecular weight is 377 g/mol. The first-order valence-electron chi connectivity index (χ1n) is 8.24. The van der Waals surface area contributed by atoms with Gasteiger partial charge in [-0.2, -0.15) is 0 Å². The van der Waals surface area contributed by atoms with E-state index < -0.39 is 0 Å². The minimum absolute atomic E-state index is 0.0436. The fourth-order valence-corrected chi connectivity index (χ4v) is 2.85. The minimum atomic E-state index is -0.186. The van der Waals surface area contributed by atoms with E-state index in [0.29, 0.717) is 22.1 Å². The maximum absolute atomic E-state index is 12.3. The molecule has 1 atom stereocenters. The lowest BCUT2D eigenvalue weighted by atomic mass is 10.1. The maximum Gasteiger partial charge on any atom is 0.279 e. The molecule has 26 heavy (non-hydrogen) atoms. The van der Waals surface area contributed by atoms with Crippen molar-refractivity contribution in [1.82, 2.24) is 0 Å². The Morgan fingerprint density at radius 3 is 2.58 bits per heavy atom. The third kappa shape index (κ3) is 5.47. The molecule has 0 bridgehead atoms. The van der Waals surface area contributed by atoms with Crippen molar-refractivity contribution in [2.75, 3.05) is 24.3 Å². The van der Waals surface area contributed by atoms with Gasteiger partial charge in [-0.15, -0.1) is 0 Å². The van der Waals surface area contributed by atoms with E-state index in [9.17, 15) is 9.59 Å². The zero-order chi connectivity index (χ0) is 19.1. The number of halogens is 1. The van der Waals surface area contributed by atoms with E-state index in [1.807, 2.05) is 36.5 Å². The summed E-state index contributed by atoms with van der Waals surface area (Å²) in [6.07, 6.45) is 0. The summed E-state index contributed by atoms with van der Waals surface area (Å²) in [5, 5.41) is 8.08. The lowest BCUT2D eigenvalue weighted by molar-refractivity contribution is -0.682. The first-order chi connectivity index (χ1) is 12.4. The van der Waals surface area contributed by atoms with E-state index in [0.717, 1.165) is 5.56 Å². The SMILES string of the molecule is COc1ccc(NC(C)=O)cc1NC(=O)C[NH2+][C@@H](C)c1ccccc1Cl. The second kappa shape index (κ2) is 9.22. The van der Waals surface area contributed by atoms with Crippen LogP contribution in [0.5, 0.6) is 5.75 Å². The summed E-state index contributed by atoms with van der Waals surface area (Å²) in [5.74, 6) is 0.156. The number of quaternary nitrogens is 1. The van der Waals surface area contributed by atoms with Crippen LogP contribution in [0.15, 0.2) is 42.5 Å². The first-order valence-corrected chi connectivity index (χ1v) is 8.61. The van der Waals surface area contributed by atoms with Crippen molar-refractivity contribution in [1.29, 1.82) is 0 Å². The fraction of sp³-hybridized carbons (Fsp3) is 0.263. The number of nitrogens with two attached hydrogens (primary N) is 1. The van der Waals surface area contributed by atoms with E-state index in [2.05, 4.69) is 10.6 Å². The number of carbonyl (C=O) groups excluding carboxylic acids is 2. The maximum atomic E-state index is 12.3. The molecule has 0 saturated carbocycles. The van der Waals surface area contributed by atoms with Gasteiger partial charge in [0.1, 0.15) is 11.8 Å². The quantitative estimate of drug-likeness (QED) is 0.694. The summed E-state index contributed by atoms with van der Waals surface area (Å²) in [7, 11) is 1.52. The summed E-state index contributed by atoms with van der Waals surface area (Å²) in [6, 6.07) is 12.7. The highest BCUT2D eigenvalue weighted by Crippen LogP contribution is 2.27. The number of hydrogen-bond donors (Lipinski definition) is 3. The van der Waals surface area contributed by atoms with Crippen LogP contribution in [0.25, 0.3) is 0 Å². The molecule has 0 aliphatic rings. The zero-order valence-electron chi connectivity index (χ0n) is 15.0. The molecule has 0 saturated heterocycles. The Morgan fingerprint density at radius 2 is 1.92 bits per heavy atom. The van der Waals surface area contributed by atoms with Crippen molar-refractivity contribution in [2.24, 2.45) is 0 Å². The normalized spacial score (nSPS) is 11.5. The topological polar surface area (TPSA) is 84.0 Å². The van der Waals surface area contributed by atoms with Crippen LogP contribution < -0.4 is 20.7 Å². The molecule has 2 amide bonds. The molecule has 0 aliphatic carbocycles. The number of carbonyl (C=O) groups is 2. The van der Waals surface area contributed by atoms with Gasteiger partial charge in [-0.25, -0.2) is 0 Å². The number of hydrogen-bond acceptors (Lipinski definition) is 3. The molecule has 0 unspecified atom stereocenters. The Hall–Kier alpha value is -2.57. The lowest BCUT2D eigenvalue weighted by Gasteiger charge is -2.14. The molecule has 4 N–H and O–H groups in total. The van der Waals surface area contributed by atoms with Gasteiger partial charge in [-0.1, -0.05) is 29.8 Å². The molecule has 2 aromatic carbocycles. The monoisotopic (exact) mass is 376 g/mol. The van der Waals surface area contributed by atoms with Crippen LogP contribution >= 0.6 is 11.6 Å². The summed E-state index contributed by atoms with van der Waals surface area (Å²) >= 11 is 6.19. The number of anilines is 2. The van der Waals surface area contributed by atoms with Gasteiger partial charge in [0.2, 0.25) is 5.91 Å². The number of nitrogens with one attached hydrogen (secondary N) is 2. The number of rotatable bonds is 7. The predicted octanol–water partition coefficient (Wildman–Crippen LogP) is 2.57. The van der Waals surface area contributed by atoms with E-state index >= 15 is 0 Å². The molecule has 0 aromatic heterocycles. The molecule has 2 aromatic rings. The summed E-state index contributed by atoms with van der Waals surface area (Å²) < 4.78 is 5.26. The Kier molecular flexibility index (Phi) is 7.00. The molecule has 0 heterocycles. The minimum Gasteiger partial charge on any atom is -0.495 e. The van der Waals surface area contributed by atoms with Crippen LogP contribution in [0.1, 0.15) is 25.5 Å². The van der Waals surface area contributed by atoms with Crippen LogP contribution in [0.3, 0.4) is 0 Å². The Bertz CT molecular complexity index is 795. The van der Waals surface area contributed by atoms with Gasteiger partial charge in [0.25, 0.3) is 5.91 Å². The highest BCUT2D eigenvalue weighted by atomic mass is 35.5. The van der Waals surface area contributed by atoms with Crippen molar-refractivity contribution in [3.05, 3.63) is 53.1 Å². The van der Waals surface area contributed by atoms with E-state index in [1.165, 1.54) is 14.0 Å². The highest BCUT2D eigenvalue weighted by molar-refractivity contribution is 6.31. The molecule has 0 aliphatic heterocycles. The third-order valence-electron chi connectivity index (χ3n) is 3.85. The van der Waals surface area contributed by atoms with Crippen LogP contribution in [-0.2, 0) is 9.59 Å². The Labute approximate surface area is 157 Å². The van der Waals surface area contributed by atoms with Crippen molar-refractivity contribution >= 4 is 34.8 Å². The molecule has 7 heteroatoms. The van der Waals surface area contributed by atoms with Gasteiger partial charge in [-0.3, -0.25) is 9.59 Å². The fourth-order valence-electron chi connectivity index (χ4n) is 2.54. The molecule has 0 fully saturated rings. The first kappa shape index (κ1) is 19.8. The van der Waals surface area contributed by atoms with E-state index in [-0.39, 0.29) is 24.4 Å². The van der Waals surface area contributed by atoms with Crippen LogP contribution in [0.2, 0.25) is 5.02 Å². The summed E-state index contributed by atoms with van der Waals surface area (Å²) in [5.41, 5.74) is 2.07. The van der Waals surface area contributed by atoms with E-state index in [4.69, 9.17) is 16.3 Å². The Morgan fingerprint density at radius 1 is 1.19 bits per heavy atom. The summed E-state index contributed by atoms with van der Waals surface area (Å²) in [6.45, 7) is 3.64. The molecular formula is C19H23ClN3O3+. The molecule has 0 radical (unpaired) electrons. The van der Waals surface area contributed by atoms with Gasteiger partial charge in [0, 0.05) is 23.2 Å². The van der Waals surface area contributed by atoms with Crippen LogP contribution in [0.4, 0.5) is 11.4 Å². The molecule has 0 spiro atoms. The van der Waals surface area contributed by atoms with Gasteiger partial charge in [0.15, 0.2) is 6.54 Å². The number of amides is 2. The van der Waals surface area contributed by atoms with Crippen molar-refractivity contribution in [3.8, 4) is 5.75 Å². The lowest BCUT2D eigenvalue weighted by Crippen LogP contribution is -2.86. The predicted molar refractivity (Wildman–Crippen MR) is 103 cm³/mol. The second-order valence-corrected chi connectivity index (χ2v) is 6.30. The third-order valence-corrected chi connectivity index (χ3v) is 4.19. The number of ether oxygens (including phenoxy) is 1. The second-order valence-electron chi connectivity index (χ2n) is 5.89. The molecular weight excluding hydrogens is 354 g/mol. The Balaban J connectivity index is 2.00. The van der Waals surface area contributed by atoms with Crippen LogP contribution in [-0.4, -0.2) is 25.5 Å². The van der Waals surface area contributed by atoms with Gasteiger partial charge in [-0.05, 0) is 31.2 Å². The standard InChI is InChI=1S/C19H22ClN3O3/c1-12(15-6-4-5-7-16(15)20)21-11-19(25)23-17-10-14(22-13(2)24)8-9-18(17)26-3/h4-10,12,21H,11H2,1-3H3,(H,22,24)(H,23,25)/p+1/t12-/m0/s1. The van der Waals surface area contributed by atoms with Crippen molar-refractivity contribution in [3.63, 3.8) is 0 Å².